The molecule has 0 heterocycles. The van der Waals surface area contributed by atoms with Gasteiger partial charge >= 0.3 is 5.97 Å². The quantitative estimate of drug-likeness (QED) is 0.670. The van der Waals surface area contributed by atoms with Crippen LogP contribution in [0, 0.1) is 20.2 Å². The number of benzene rings is 1. The first-order valence-corrected chi connectivity index (χ1v) is 4.49. The Kier molecular flexibility index (Phi) is 3.18. The number of nitro groups is 2. The molecule has 0 saturated heterocycles. The molecule has 0 spiro atoms. The Morgan fingerprint density at radius 2 is 1.56 bits per heavy atom. The maximum Gasteiger partial charge on any atom is 0.349 e. The summed E-state index contributed by atoms with van der Waals surface area (Å²) in [6.45, 7) is 0. The van der Waals surface area contributed by atoms with Crippen molar-refractivity contribution in [3.63, 3.8) is 0 Å². The van der Waals surface area contributed by atoms with E-state index < -0.39 is 32.8 Å². The average Bonchev–Trinajstić information content (AvgIpc) is 2.15. The maximum atomic E-state index is 10.7. The Bertz CT molecular complexity index is 465. The molecule has 0 fully saturated rings. The maximum absolute atomic E-state index is 10.7. The number of nitrogens with zero attached hydrogens (tertiary/aromatic N) is 2. The summed E-state index contributed by atoms with van der Waals surface area (Å²) >= 11 is 2.83. The van der Waals surface area contributed by atoms with E-state index in [1.807, 2.05) is 0 Å². The Morgan fingerprint density at radius 1 is 1.19 bits per heavy atom. The van der Waals surface area contributed by atoms with Gasteiger partial charge in [-0.1, -0.05) is 15.9 Å². The Hall–Kier alpha value is -2.03. The molecule has 0 aliphatic carbocycles. The van der Waals surface area contributed by atoms with Gasteiger partial charge in [0.2, 0.25) is 5.56 Å². The first-order valence-electron chi connectivity index (χ1n) is 3.70. The summed E-state index contributed by atoms with van der Waals surface area (Å²) in [6.07, 6.45) is 0. The van der Waals surface area contributed by atoms with Crippen molar-refractivity contribution in [1.29, 1.82) is 0 Å². The molecule has 0 atom stereocenters. The van der Waals surface area contributed by atoms with Crippen LogP contribution in [0.15, 0.2) is 16.6 Å². The smallest absolute Gasteiger partial charge is 0.349 e. The van der Waals surface area contributed by atoms with Gasteiger partial charge in [-0.2, -0.15) is 0 Å². The van der Waals surface area contributed by atoms with Crippen LogP contribution in [0.3, 0.4) is 0 Å². The highest BCUT2D eigenvalue weighted by atomic mass is 79.9. The minimum atomic E-state index is -1.72. The molecule has 0 unspecified atom stereocenters. The fraction of sp³-hybridized carbons (Fsp3) is 0. The number of carboxylic acids is 1. The number of aromatic carboxylic acids is 1. The zero-order chi connectivity index (χ0) is 12.5. The number of carboxylic acid groups (broad SMARTS) is 1. The predicted octanol–water partition coefficient (Wildman–Crippen LogP) is 1.96. The van der Waals surface area contributed by atoms with Crippen molar-refractivity contribution in [3.05, 3.63) is 42.4 Å². The van der Waals surface area contributed by atoms with E-state index in [9.17, 15) is 25.0 Å². The molecule has 0 aliphatic rings. The molecule has 1 N–H and O–H groups in total. The highest BCUT2D eigenvalue weighted by molar-refractivity contribution is 9.10. The monoisotopic (exact) mass is 290 g/mol. The van der Waals surface area contributed by atoms with Crippen LogP contribution in [-0.2, 0) is 0 Å². The second-order valence-corrected chi connectivity index (χ2v) is 3.55. The van der Waals surface area contributed by atoms with Crippen LogP contribution in [0.25, 0.3) is 0 Å². The summed E-state index contributed by atoms with van der Waals surface area (Å²) in [5.74, 6) is -1.72. The van der Waals surface area contributed by atoms with Crippen molar-refractivity contribution in [2.45, 2.75) is 0 Å². The van der Waals surface area contributed by atoms with E-state index >= 15 is 0 Å². The lowest BCUT2D eigenvalue weighted by molar-refractivity contribution is -0.394. The molecule has 1 aromatic rings. The van der Waals surface area contributed by atoms with Crippen LogP contribution in [-0.4, -0.2) is 20.9 Å². The Morgan fingerprint density at radius 3 is 1.81 bits per heavy atom. The van der Waals surface area contributed by atoms with Crippen molar-refractivity contribution < 1.29 is 19.7 Å². The first-order chi connectivity index (χ1) is 7.34. The van der Waals surface area contributed by atoms with Gasteiger partial charge < -0.3 is 5.11 Å². The van der Waals surface area contributed by atoms with Gasteiger partial charge in [0.1, 0.15) is 0 Å². The SMILES string of the molecule is O=C(O)c1c([N+](=O)[O-])cc(Br)cc1[N+](=O)[O-]. The van der Waals surface area contributed by atoms with E-state index in [-0.39, 0.29) is 4.47 Å². The van der Waals surface area contributed by atoms with Crippen LogP contribution in [0.2, 0.25) is 0 Å². The lowest BCUT2D eigenvalue weighted by Gasteiger charge is -2.00. The third kappa shape index (κ3) is 2.14. The normalized spacial score (nSPS) is 9.81. The molecular formula is C7H3BrN2O6. The molecule has 8 nitrogen and oxygen atoms in total. The van der Waals surface area contributed by atoms with Crippen molar-refractivity contribution >= 4 is 33.3 Å². The predicted molar refractivity (Wildman–Crippen MR) is 54.4 cm³/mol. The third-order valence-electron chi connectivity index (χ3n) is 1.67. The molecule has 0 saturated carbocycles. The standard InChI is InChI=1S/C7H3BrN2O6/c8-3-1-4(9(13)14)6(7(11)12)5(2-3)10(15)16/h1-2H,(H,11,12). The highest BCUT2D eigenvalue weighted by Crippen LogP contribution is 2.32. The molecule has 0 aliphatic heterocycles. The minimum absolute atomic E-state index is 0.0656. The summed E-state index contributed by atoms with van der Waals surface area (Å²) in [7, 11) is 0. The van der Waals surface area contributed by atoms with E-state index in [1.54, 1.807) is 0 Å². The summed E-state index contributed by atoms with van der Waals surface area (Å²) in [5.41, 5.74) is -2.58. The molecule has 1 rings (SSSR count). The largest absolute Gasteiger partial charge is 0.477 e. The van der Waals surface area contributed by atoms with Crippen LogP contribution >= 0.6 is 15.9 Å². The summed E-state index contributed by atoms with van der Waals surface area (Å²) < 4.78 is 0.0656. The van der Waals surface area contributed by atoms with Crippen molar-refractivity contribution in [2.75, 3.05) is 0 Å². The van der Waals surface area contributed by atoms with Gasteiger partial charge in [-0.05, 0) is 0 Å². The summed E-state index contributed by atoms with van der Waals surface area (Å²) in [5, 5.41) is 29.8. The van der Waals surface area contributed by atoms with E-state index in [4.69, 9.17) is 5.11 Å². The van der Waals surface area contributed by atoms with Gasteiger partial charge in [0, 0.05) is 16.6 Å². The van der Waals surface area contributed by atoms with Crippen LogP contribution in [0.4, 0.5) is 11.4 Å². The van der Waals surface area contributed by atoms with Gasteiger partial charge in [-0.15, -0.1) is 0 Å². The van der Waals surface area contributed by atoms with Gasteiger partial charge in [-0.3, -0.25) is 20.2 Å². The molecule has 9 heteroatoms. The number of halogens is 1. The molecule has 16 heavy (non-hydrogen) atoms. The van der Waals surface area contributed by atoms with Crippen molar-refractivity contribution in [2.24, 2.45) is 0 Å². The number of rotatable bonds is 3. The third-order valence-corrected chi connectivity index (χ3v) is 2.13. The van der Waals surface area contributed by atoms with E-state index in [2.05, 4.69) is 15.9 Å². The molecule has 0 radical (unpaired) electrons. The van der Waals surface area contributed by atoms with Crippen LogP contribution in [0.5, 0.6) is 0 Å². The highest BCUT2D eigenvalue weighted by Gasteiger charge is 2.31. The molecule has 0 bridgehead atoms. The molecular weight excluding hydrogens is 288 g/mol. The second kappa shape index (κ2) is 4.23. The van der Waals surface area contributed by atoms with E-state index in [0.29, 0.717) is 0 Å². The van der Waals surface area contributed by atoms with Gasteiger partial charge in [0.15, 0.2) is 0 Å². The Labute approximate surface area is 95.9 Å². The van der Waals surface area contributed by atoms with Crippen LogP contribution in [0.1, 0.15) is 10.4 Å². The molecule has 1 aromatic carbocycles. The lowest BCUT2D eigenvalue weighted by Crippen LogP contribution is -2.07. The fourth-order valence-electron chi connectivity index (χ4n) is 1.09. The zero-order valence-electron chi connectivity index (χ0n) is 7.42. The van der Waals surface area contributed by atoms with Crippen molar-refractivity contribution in [1.82, 2.24) is 0 Å². The lowest BCUT2D eigenvalue weighted by atomic mass is 10.1. The van der Waals surface area contributed by atoms with Crippen molar-refractivity contribution in [3.8, 4) is 0 Å². The topological polar surface area (TPSA) is 124 Å². The number of nitro benzene ring substituents is 2. The van der Waals surface area contributed by atoms with Gasteiger partial charge in [-0.25, -0.2) is 4.79 Å². The summed E-state index contributed by atoms with van der Waals surface area (Å²) in [6, 6.07) is 1.80. The minimum Gasteiger partial charge on any atom is -0.477 e. The number of hydrogen-bond donors (Lipinski definition) is 1. The fourth-order valence-corrected chi connectivity index (χ4v) is 1.52. The number of carbonyl (C=O) groups is 1. The summed E-state index contributed by atoms with van der Waals surface area (Å²) in [4.78, 5) is 29.9. The molecule has 0 aromatic heterocycles. The molecule has 84 valence electrons. The van der Waals surface area contributed by atoms with E-state index in [1.165, 1.54) is 0 Å². The van der Waals surface area contributed by atoms with Crippen LogP contribution < -0.4 is 0 Å². The molecule has 0 amide bonds. The van der Waals surface area contributed by atoms with Gasteiger partial charge in [0.05, 0.1) is 9.85 Å². The van der Waals surface area contributed by atoms with Gasteiger partial charge in [0.25, 0.3) is 11.4 Å². The zero-order valence-corrected chi connectivity index (χ0v) is 9.00. The second-order valence-electron chi connectivity index (χ2n) is 2.64. The number of hydrogen-bond acceptors (Lipinski definition) is 5. The Balaban J connectivity index is 3.67. The first kappa shape index (κ1) is 12.0. The van der Waals surface area contributed by atoms with E-state index in [0.717, 1.165) is 12.1 Å². The average molecular weight is 291 g/mol.